The molecule has 80 valence electrons. The molecule has 0 bridgehead atoms. The van der Waals surface area contributed by atoms with Crippen molar-refractivity contribution < 1.29 is 4.74 Å². The van der Waals surface area contributed by atoms with E-state index in [9.17, 15) is 0 Å². The van der Waals surface area contributed by atoms with Gasteiger partial charge in [-0.15, -0.1) is 11.3 Å². The molecular formula is C10H13N3OS. The highest BCUT2D eigenvalue weighted by Crippen LogP contribution is 2.24. The maximum absolute atomic E-state index is 5.16. The molecule has 1 N–H and O–H groups in total. The van der Waals surface area contributed by atoms with E-state index < -0.39 is 0 Å². The molecule has 0 spiro atoms. The fourth-order valence-corrected chi connectivity index (χ4v) is 2.05. The number of hydrogen-bond acceptors (Lipinski definition) is 5. The van der Waals surface area contributed by atoms with Crippen LogP contribution in [0.2, 0.25) is 0 Å². The molecular weight excluding hydrogens is 210 g/mol. The second kappa shape index (κ2) is 4.55. The van der Waals surface area contributed by atoms with Gasteiger partial charge in [-0.05, 0) is 18.4 Å². The molecule has 15 heavy (non-hydrogen) atoms. The van der Waals surface area contributed by atoms with Crippen LogP contribution in [-0.4, -0.2) is 29.7 Å². The first-order chi connectivity index (χ1) is 7.31. The quantitative estimate of drug-likeness (QED) is 0.862. The van der Waals surface area contributed by atoms with Crippen molar-refractivity contribution in [3.05, 3.63) is 17.8 Å². The fraction of sp³-hybridized carbons (Fsp3) is 0.400. The van der Waals surface area contributed by atoms with E-state index in [1.54, 1.807) is 24.8 Å². The molecule has 0 saturated heterocycles. The van der Waals surface area contributed by atoms with E-state index in [1.165, 1.54) is 0 Å². The van der Waals surface area contributed by atoms with E-state index in [0.29, 0.717) is 0 Å². The van der Waals surface area contributed by atoms with Crippen LogP contribution in [0.15, 0.2) is 17.8 Å². The lowest BCUT2D eigenvalue weighted by Gasteiger charge is -2.11. The largest absolute Gasteiger partial charge is 0.380 e. The minimum Gasteiger partial charge on any atom is -0.380 e. The number of thiophene rings is 1. The molecule has 0 fully saturated rings. The van der Waals surface area contributed by atoms with Gasteiger partial charge in [0.1, 0.15) is 12.1 Å². The molecule has 0 aliphatic rings. The van der Waals surface area contributed by atoms with Gasteiger partial charge >= 0.3 is 0 Å². The van der Waals surface area contributed by atoms with Crippen molar-refractivity contribution in [2.75, 3.05) is 19.0 Å². The average molecular weight is 223 g/mol. The lowest BCUT2D eigenvalue weighted by Crippen LogP contribution is -2.18. The van der Waals surface area contributed by atoms with Crippen LogP contribution in [0.25, 0.3) is 10.2 Å². The van der Waals surface area contributed by atoms with E-state index in [-0.39, 0.29) is 6.10 Å². The first kappa shape index (κ1) is 10.3. The molecule has 2 aromatic heterocycles. The van der Waals surface area contributed by atoms with Crippen LogP contribution >= 0.6 is 11.3 Å². The van der Waals surface area contributed by atoms with Crippen LogP contribution in [0.1, 0.15) is 6.92 Å². The normalized spacial score (nSPS) is 12.9. The first-order valence-corrected chi connectivity index (χ1v) is 5.64. The molecule has 0 saturated carbocycles. The Kier molecular flexibility index (Phi) is 3.13. The average Bonchev–Trinajstić information content (AvgIpc) is 2.74. The summed E-state index contributed by atoms with van der Waals surface area (Å²) in [6.45, 7) is 2.76. The smallest absolute Gasteiger partial charge is 0.147 e. The SMILES string of the molecule is COC(C)CNc1ncnc2ccsc12. The molecule has 4 nitrogen and oxygen atoms in total. The number of rotatable bonds is 4. The summed E-state index contributed by atoms with van der Waals surface area (Å²) in [5.74, 6) is 0.888. The van der Waals surface area contributed by atoms with Crippen molar-refractivity contribution in [1.82, 2.24) is 9.97 Å². The summed E-state index contributed by atoms with van der Waals surface area (Å²) in [7, 11) is 1.70. The van der Waals surface area contributed by atoms with E-state index in [1.807, 2.05) is 18.4 Å². The predicted molar refractivity (Wildman–Crippen MR) is 62.4 cm³/mol. The van der Waals surface area contributed by atoms with Crippen LogP contribution in [0, 0.1) is 0 Å². The van der Waals surface area contributed by atoms with Crippen LogP contribution in [0.5, 0.6) is 0 Å². The summed E-state index contributed by atoms with van der Waals surface area (Å²) in [5, 5.41) is 5.28. The number of nitrogens with zero attached hydrogens (tertiary/aromatic N) is 2. The first-order valence-electron chi connectivity index (χ1n) is 4.76. The molecule has 0 aliphatic carbocycles. The van der Waals surface area contributed by atoms with Gasteiger partial charge in [0.15, 0.2) is 0 Å². The lowest BCUT2D eigenvalue weighted by molar-refractivity contribution is 0.128. The highest BCUT2D eigenvalue weighted by atomic mass is 32.1. The molecule has 1 unspecified atom stereocenters. The van der Waals surface area contributed by atoms with Crippen molar-refractivity contribution in [3.63, 3.8) is 0 Å². The Hall–Kier alpha value is -1.20. The molecule has 0 aliphatic heterocycles. The predicted octanol–water partition coefficient (Wildman–Crippen LogP) is 2.14. The van der Waals surface area contributed by atoms with E-state index in [4.69, 9.17) is 4.74 Å². The van der Waals surface area contributed by atoms with Crippen LogP contribution < -0.4 is 5.32 Å². The zero-order valence-corrected chi connectivity index (χ0v) is 9.54. The Labute approximate surface area is 92.3 Å². The minimum atomic E-state index is 0.176. The van der Waals surface area contributed by atoms with Gasteiger partial charge < -0.3 is 10.1 Å². The zero-order chi connectivity index (χ0) is 10.7. The third kappa shape index (κ3) is 2.24. The lowest BCUT2D eigenvalue weighted by atomic mass is 10.4. The van der Waals surface area contributed by atoms with Crippen LogP contribution in [0.3, 0.4) is 0 Å². The van der Waals surface area contributed by atoms with Gasteiger partial charge in [-0.2, -0.15) is 0 Å². The van der Waals surface area contributed by atoms with Gasteiger partial charge in [0.05, 0.1) is 16.3 Å². The fourth-order valence-electron chi connectivity index (χ4n) is 1.24. The molecule has 2 heterocycles. The number of fused-ring (bicyclic) bond motifs is 1. The summed E-state index contributed by atoms with van der Waals surface area (Å²) in [4.78, 5) is 8.40. The van der Waals surface area contributed by atoms with E-state index >= 15 is 0 Å². The minimum absolute atomic E-state index is 0.176. The standard InChI is InChI=1S/C10H13N3OS/c1-7(14-2)5-11-10-9-8(3-4-15-9)12-6-13-10/h3-4,6-7H,5H2,1-2H3,(H,11,12,13). The Balaban J connectivity index is 2.17. The number of aromatic nitrogens is 2. The Morgan fingerprint density at radius 2 is 2.40 bits per heavy atom. The molecule has 2 aromatic rings. The third-order valence-electron chi connectivity index (χ3n) is 2.20. The summed E-state index contributed by atoms with van der Waals surface area (Å²) in [6.07, 6.45) is 1.75. The number of anilines is 1. The molecule has 1 atom stereocenters. The highest BCUT2D eigenvalue weighted by Gasteiger charge is 2.05. The van der Waals surface area contributed by atoms with Crippen molar-refractivity contribution >= 4 is 27.4 Å². The Morgan fingerprint density at radius 3 is 3.20 bits per heavy atom. The highest BCUT2D eigenvalue weighted by molar-refractivity contribution is 7.17. The molecule has 0 aromatic carbocycles. The van der Waals surface area contributed by atoms with Crippen molar-refractivity contribution in [1.29, 1.82) is 0 Å². The van der Waals surface area contributed by atoms with Crippen molar-refractivity contribution in [2.24, 2.45) is 0 Å². The van der Waals surface area contributed by atoms with Gasteiger partial charge in [-0.1, -0.05) is 0 Å². The Morgan fingerprint density at radius 1 is 1.53 bits per heavy atom. The molecule has 0 amide bonds. The van der Waals surface area contributed by atoms with Gasteiger partial charge in [0.25, 0.3) is 0 Å². The summed E-state index contributed by atoms with van der Waals surface area (Å²) in [5.41, 5.74) is 0.988. The molecule has 5 heteroatoms. The van der Waals surface area contributed by atoms with Crippen molar-refractivity contribution in [2.45, 2.75) is 13.0 Å². The van der Waals surface area contributed by atoms with Gasteiger partial charge in [0.2, 0.25) is 0 Å². The Bertz CT molecular complexity index is 443. The van der Waals surface area contributed by atoms with Gasteiger partial charge in [-0.3, -0.25) is 0 Å². The maximum atomic E-state index is 5.16. The van der Waals surface area contributed by atoms with Crippen LogP contribution in [-0.2, 0) is 4.74 Å². The second-order valence-corrected chi connectivity index (χ2v) is 4.20. The maximum Gasteiger partial charge on any atom is 0.147 e. The summed E-state index contributed by atoms with van der Waals surface area (Å²) < 4.78 is 6.26. The monoisotopic (exact) mass is 223 g/mol. The second-order valence-electron chi connectivity index (χ2n) is 3.28. The van der Waals surface area contributed by atoms with Gasteiger partial charge in [-0.25, -0.2) is 9.97 Å². The summed E-state index contributed by atoms with van der Waals surface area (Å²) in [6, 6.07) is 1.99. The van der Waals surface area contributed by atoms with E-state index in [2.05, 4.69) is 15.3 Å². The summed E-state index contributed by atoms with van der Waals surface area (Å²) >= 11 is 1.64. The zero-order valence-electron chi connectivity index (χ0n) is 8.73. The molecule has 2 rings (SSSR count). The van der Waals surface area contributed by atoms with Gasteiger partial charge in [0, 0.05) is 13.7 Å². The molecule has 0 radical (unpaired) electrons. The number of hydrogen-bond donors (Lipinski definition) is 1. The third-order valence-corrected chi connectivity index (χ3v) is 3.11. The number of methoxy groups -OCH3 is 1. The number of nitrogens with one attached hydrogen (secondary N) is 1. The van der Waals surface area contributed by atoms with E-state index in [0.717, 1.165) is 22.6 Å². The number of ether oxygens (including phenoxy) is 1. The topological polar surface area (TPSA) is 47.0 Å². The van der Waals surface area contributed by atoms with Crippen LogP contribution in [0.4, 0.5) is 5.82 Å². The van der Waals surface area contributed by atoms with Crippen molar-refractivity contribution in [3.8, 4) is 0 Å².